The van der Waals surface area contributed by atoms with Gasteiger partial charge in [-0.15, -0.1) is 0 Å². The van der Waals surface area contributed by atoms with Gasteiger partial charge in [0.2, 0.25) is 17.7 Å². The average molecular weight is 357 g/mol. The molecule has 26 heavy (non-hydrogen) atoms. The summed E-state index contributed by atoms with van der Waals surface area (Å²) in [6, 6.07) is 11.8. The molecular formula is C19H20FN3O3. The Morgan fingerprint density at radius 2 is 1.08 bits per heavy atom. The molecule has 0 bridgehead atoms. The fourth-order valence-corrected chi connectivity index (χ4v) is 2.05. The molecule has 0 aliphatic rings. The Balaban J connectivity index is 2.02. The molecule has 0 spiro atoms. The maximum absolute atomic E-state index is 12.9. The van der Waals surface area contributed by atoms with Crippen LogP contribution in [0.5, 0.6) is 0 Å². The summed E-state index contributed by atoms with van der Waals surface area (Å²) < 4.78 is 12.9. The molecule has 3 amide bonds. The molecule has 0 atom stereocenters. The molecule has 0 aliphatic carbocycles. The monoisotopic (exact) mass is 357 g/mol. The van der Waals surface area contributed by atoms with Gasteiger partial charge in [0.25, 0.3) is 0 Å². The van der Waals surface area contributed by atoms with Crippen molar-refractivity contribution in [2.24, 2.45) is 5.41 Å². The van der Waals surface area contributed by atoms with E-state index in [0.717, 1.165) is 0 Å². The minimum atomic E-state index is -1.36. The van der Waals surface area contributed by atoms with E-state index in [0.29, 0.717) is 17.1 Å². The number of benzene rings is 2. The number of carbonyl (C=O) groups excluding carboxylic acids is 3. The number of carbonyl (C=O) groups is 3. The van der Waals surface area contributed by atoms with E-state index >= 15 is 0 Å². The third-order valence-electron chi connectivity index (χ3n) is 3.70. The van der Waals surface area contributed by atoms with Crippen LogP contribution in [-0.4, -0.2) is 17.7 Å². The molecule has 0 aromatic heterocycles. The molecule has 0 aliphatic heterocycles. The topological polar surface area (TPSA) is 87.3 Å². The Morgan fingerprint density at radius 1 is 0.731 bits per heavy atom. The molecular weight excluding hydrogens is 337 g/mol. The number of nitrogens with one attached hydrogen (secondary N) is 3. The van der Waals surface area contributed by atoms with Crippen LogP contribution in [-0.2, 0) is 14.4 Å². The van der Waals surface area contributed by atoms with Crippen LogP contribution in [0.2, 0.25) is 0 Å². The smallest absolute Gasteiger partial charge is 0.239 e. The lowest BCUT2D eigenvalue weighted by Gasteiger charge is -2.22. The van der Waals surface area contributed by atoms with Gasteiger partial charge in [0.15, 0.2) is 0 Å². The number of amides is 3. The van der Waals surface area contributed by atoms with Gasteiger partial charge in [0.1, 0.15) is 11.2 Å². The lowest BCUT2D eigenvalue weighted by Crippen LogP contribution is -2.41. The molecule has 0 saturated heterocycles. The lowest BCUT2D eigenvalue weighted by atomic mass is 9.90. The fraction of sp³-hybridized carbons (Fsp3) is 0.211. The molecule has 0 unspecified atom stereocenters. The van der Waals surface area contributed by atoms with Gasteiger partial charge in [-0.3, -0.25) is 14.4 Å². The minimum absolute atomic E-state index is 0.194. The van der Waals surface area contributed by atoms with Crippen molar-refractivity contribution in [1.82, 2.24) is 0 Å². The summed E-state index contributed by atoms with van der Waals surface area (Å²) in [6.07, 6.45) is 0. The SMILES string of the molecule is CC(=O)Nc1ccc(NC(=O)C(C)(C)C(=O)Nc2ccc(F)cc2)cc1. The third-order valence-corrected chi connectivity index (χ3v) is 3.70. The first-order chi connectivity index (χ1) is 12.2. The van der Waals surface area contributed by atoms with Gasteiger partial charge >= 0.3 is 0 Å². The van der Waals surface area contributed by atoms with Crippen molar-refractivity contribution in [1.29, 1.82) is 0 Å². The van der Waals surface area contributed by atoms with E-state index in [4.69, 9.17) is 0 Å². The van der Waals surface area contributed by atoms with Crippen LogP contribution in [0.15, 0.2) is 48.5 Å². The summed E-state index contributed by atoms with van der Waals surface area (Å²) in [6.45, 7) is 4.39. The maximum atomic E-state index is 12.9. The number of anilines is 3. The van der Waals surface area contributed by atoms with Gasteiger partial charge in [0, 0.05) is 24.0 Å². The third kappa shape index (κ3) is 4.89. The molecule has 2 rings (SSSR count). The normalized spacial score (nSPS) is 10.8. The number of rotatable bonds is 5. The van der Waals surface area contributed by atoms with Crippen LogP contribution in [0.4, 0.5) is 21.5 Å². The summed E-state index contributed by atoms with van der Waals surface area (Å²) in [5.41, 5.74) is 0.137. The molecule has 3 N–H and O–H groups in total. The summed E-state index contributed by atoms with van der Waals surface area (Å²) in [5, 5.41) is 7.88. The van der Waals surface area contributed by atoms with Crippen LogP contribution in [0.25, 0.3) is 0 Å². The van der Waals surface area contributed by atoms with E-state index in [1.54, 1.807) is 24.3 Å². The Bertz CT molecular complexity index is 815. The predicted octanol–water partition coefficient (Wildman–Crippen LogP) is 3.39. The van der Waals surface area contributed by atoms with Crippen LogP contribution >= 0.6 is 0 Å². The van der Waals surface area contributed by atoms with E-state index in [2.05, 4.69) is 16.0 Å². The molecule has 136 valence electrons. The van der Waals surface area contributed by atoms with E-state index in [1.807, 2.05) is 0 Å². The first kappa shape index (κ1) is 19.1. The predicted molar refractivity (Wildman–Crippen MR) is 98.2 cm³/mol. The molecule has 0 heterocycles. The molecule has 6 nitrogen and oxygen atoms in total. The van der Waals surface area contributed by atoms with Crippen molar-refractivity contribution in [2.75, 3.05) is 16.0 Å². The van der Waals surface area contributed by atoms with Gasteiger partial charge < -0.3 is 16.0 Å². The van der Waals surface area contributed by atoms with E-state index in [-0.39, 0.29) is 5.91 Å². The average Bonchev–Trinajstić information content (AvgIpc) is 2.58. The van der Waals surface area contributed by atoms with E-state index in [1.165, 1.54) is 45.0 Å². The van der Waals surface area contributed by atoms with Gasteiger partial charge in [-0.05, 0) is 62.4 Å². The maximum Gasteiger partial charge on any atom is 0.239 e. The van der Waals surface area contributed by atoms with Gasteiger partial charge in [-0.25, -0.2) is 4.39 Å². The van der Waals surface area contributed by atoms with Crippen LogP contribution in [0.1, 0.15) is 20.8 Å². The van der Waals surface area contributed by atoms with Crippen molar-refractivity contribution in [3.63, 3.8) is 0 Å². The highest BCUT2D eigenvalue weighted by Gasteiger charge is 2.36. The van der Waals surface area contributed by atoms with E-state index < -0.39 is 23.0 Å². The lowest BCUT2D eigenvalue weighted by molar-refractivity contribution is -0.135. The highest BCUT2D eigenvalue weighted by molar-refractivity contribution is 6.14. The van der Waals surface area contributed by atoms with Crippen molar-refractivity contribution >= 4 is 34.8 Å². The molecule has 0 radical (unpaired) electrons. The Morgan fingerprint density at radius 3 is 1.46 bits per heavy atom. The summed E-state index contributed by atoms with van der Waals surface area (Å²) in [4.78, 5) is 35.9. The van der Waals surface area contributed by atoms with E-state index in [9.17, 15) is 18.8 Å². The molecule has 0 saturated carbocycles. The van der Waals surface area contributed by atoms with Crippen LogP contribution in [0.3, 0.4) is 0 Å². The highest BCUT2D eigenvalue weighted by Crippen LogP contribution is 2.22. The second kappa shape index (κ2) is 7.77. The first-order valence-electron chi connectivity index (χ1n) is 7.94. The Kier molecular flexibility index (Phi) is 5.71. The van der Waals surface area contributed by atoms with Crippen molar-refractivity contribution < 1.29 is 18.8 Å². The molecule has 2 aromatic carbocycles. The summed E-state index contributed by atoms with van der Waals surface area (Å²) in [7, 11) is 0. The highest BCUT2D eigenvalue weighted by atomic mass is 19.1. The standard InChI is InChI=1S/C19H20FN3O3/c1-12(24)21-14-8-10-16(11-9-14)23-18(26)19(2,3)17(25)22-15-6-4-13(20)5-7-15/h4-11H,1-3H3,(H,21,24)(H,22,25)(H,23,26). The second-order valence-electron chi connectivity index (χ2n) is 6.30. The number of halogens is 1. The molecule has 2 aromatic rings. The molecule has 7 heteroatoms. The minimum Gasteiger partial charge on any atom is -0.326 e. The van der Waals surface area contributed by atoms with Crippen LogP contribution < -0.4 is 16.0 Å². The van der Waals surface area contributed by atoms with Gasteiger partial charge in [-0.2, -0.15) is 0 Å². The zero-order valence-electron chi connectivity index (χ0n) is 14.7. The number of hydrogen-bond donors (Lipinski definition) is 3. The first-order valence-corrected chi connectivity index (χ1v) is 7.94. The Labute approximate surface area is 150 Å². The zero-order valence-corrected chi connectivity index (χ0v) is 14.7. The van der Waals surface area contributed by atoms with Crippen molar-refractivity contribution in [3.05, 3.63) is 54.3 Å². The quantitative estimate of drug-likeness (QED) is 0.717. The largest absolute Gasteiger partial charge is 0.326 e. The van der Waals surface area contributed by atoms with Gasteiger partial charge in [0.05, 0.1) is 0 Å². The van der Waals surface area contributed by atoms with Gasteiger partial charge in [-0.1, -0.05) is 0 Å². The summed E-state index contributed by atoms with van der Waals surface area (Å²) in [5.74, 6) is -1.62. The molecule has 0 fully saturated rings. The van der Waals surface area contributed by atoms with Crippen molar-refractivity contribution in [3.8, 4) is 0 Å². The zero-order chi connectivity index (χ0) is 19.3. The van der Waals surface area contributed by atoms with Crippen LogP contribution in [0, 0.1) is 11.2 Å². The Hall–Kier alpha value is -3.22. The number of hydrogen-bond acceptors (Lipinski definition) is 3. The summed E-state index contributed by atoms with van der Waals surface area (Å²) >= 11 is 0. The van der Waals surface area contributed by atoms with Crippen molar-refractivity contribution in [2.45, 2.75) is 20.8 Å². The second-order valence-corrected chi connectivity index (χ2v) is 6.30. The fourth-order valence-electron chi connectivity index (χ4n) is 2.05.